The van der Waals surface area contributed by atoms with Crippen LogP contribution in [0, 0.1) is 10.1 Å². The standard InChI is InChI=1S/C10H17N5O4/c1-18-5-3-14(4-6-19-2)10-8(15(16)17)9(11)12-7-13-10/h7H,3-6H2,1-2H3,(H2,11,12,13). The molecule has 0 aliphatic carbocycles. The van der Waals surface area contributed by atoms with E-state index in [1.165, 1.54) is 6.33 Å². The molecule has 106 valence electrons. The summed E-state index contributed by atoms with van der Waals surface area (Å²) in [5.74, 6) is 0.0152. The van der Waals surface area contributed by atoms with Gasteiger partial charge >= 0.3 is 5.69 Å². The van der Waals surface area contributed by atoms with E-state index in [1.54, 1.807) is 19.1 Å². The number of anilines is 2. The second kappa shape index (κ2) is 7.44. The van der Waals surface area contributed by atoms with Crippen molar-refractivity contribution in [3.63, 3.8) is 0 Å². The van der Waals surface area contributed by atoms with E-state index in [0.29, 0.717) is 26.3 Å². The lowest BCUT2D eigenvalue weighted by Crippen LogP contribution is -2.32. The van der Waals surface area contributed by atoms with Gasteiger partial charge in [0.15, 0.2) is 0 Å². The molecule has 1 aromatic rings. The minimum Gasteiger partial charge on any atom is -0.383 e. The fourth-order valence-electron chi connectivity index (χ4n) is 1.52. The first kappa shape index (κ1) is 15.1. The van der Waals surface area contributed by atoms with Gasteiger partial charge in [0.2, 0.25) is 11.6 Å². The van der Waals surface area contributed by atoms with E-state index in [-0.39, 0.29) is 17.3 Å². The molecule has 19 heavy (non-hydrogen) atoms. The summed E-state index contributed by atoms with van der Waals surface area (Å²) < 4.78 is 9.95. The Morgan fingerprint density at radius 2 is 1.89 bits per heavy atom. The van der Waals surface area contributed by atoms with Crippen LogP contribution in [0.25, 0.3) is 0 Å². The average Bonchev–Trinajstić information content (AvgIpc) is 2.38. The van der Waals surface area contributed by atoms with Crippen LogP contribution in [0.1, 0.15) is 0 Å². The molecule has 0 aromatic carbocycles. The zero-order chi connectivity index (χ0) is 14.3. The van der Waals surface area contributed by atoms with E-state index in [0.717, 1.165) is 0 Å². The number of hydrogen-bond acceptors (Lipinski definition) is 8. The smallest absolute Gasteiger partial charge is 0.353 e. The number of ether oxygens (including phenoxy) is 2. The van der Waals surface area contributed by atoms with Gasteiger partial charge in [-0.25, -0.2) is 9.97 Å². The molecule has 0 bridgehead atoms. The van der Waals surface area contributed by atoms with Crippen molar-refractivity contribution in [2.45, 2.75) is 0 Å². The summed E-state index contributed by atoms with van der Waals surface area (Å²) in [4.78, 5) is 19.7. The van der Waals surface area contributed by atoms with Gasteiger partial charge in [0.25, 0.3) is 0 Å². The molecule has 0 spiro atoms. The molecular weight excluding hydrogens is 254 g/mol. The molecule has 1 heterocycles. The third-order valence-electron chi connectivity index (χ3n) is 2.44. The summed E-state index contributed by atoms with van der Waals surface area (Å²) in [6.45, 7) is 1.70. The molecule has 0 radical (unpaired) electrons. The van der Waals surface area contributed by atoms with Crippen LogP contribution >= 0.6 is 0 Å². The molecule has 9 nitrogen and oxygen atoms in total. The SMILES string of the molecule is COCCN(CCOC)c1ncnc(N)c1[N+](=O)[O-]. The van der Waals surface area contributed by atoms with Crippen LogP contribution in [0.4, 0.5) is 17.3 Å². The van der Waals surface area contributed by atoms with Gasteiger partial charge < -0.3 is 20.1 Å². The van der Waals surface area contributed by atoms with E-state index in [4.69, 9.17) is 15.2 Å². The van der Waals surface area contributed by atoms with Crippen LogP contribution in [-0.2, 0) is 9.47 Å². The summed E-state index contributed by atoms with van der Waals surface area (Å²) in [6.07, 6.45) is 1.20. The number of nitrogens with two attached hydrogens (primary N) is 1. The number of nitro groups is 1. The molecule has 0 fully saturated rings. The van der Waals surface area contributed by atoms with E-state index < -0.39 is 4.92 Å². The van der Waals surface area contributed by atoms with E-state index in [2.05, 4.69) is 9.97 Å². The molecule has 0 aliphatic rings. The van der Waals surface area contributed by atoms with E-state index in [1.807, 2.05) is 0 Å². The van der Waals surface area contributed by atoms with Crippen LogP contribution in [0.2, 0.25) is 0 Å². The van der Waals surface area contributed by atoms with Crippen molar-refractivity contribution in [2.75, 3.05) is 51.2 Å². The zero-order valence-electron chi connectivity index (χ0n) is 10.9. The summed E-state index contributed by atoms with van der Waals surface area (Å²) in [7, 11) is 3.11. The Bertz CT molecular complexity index is 420. The number of methoxy groups -OCH3 is 2. The first-order valence-electron chi connectivity index (χ1n) is 5.59. The summed E-state index contributed by atoms with van der Waals surface area (Å²) in [6, 6.07) is 0. The van der Waals surface area contributed by atoms with Crippen molar-refractivity contribution in [2.24, 2.45) is 0 Å². The van der Waals surface area contributed by atoms with Crippen molar-refractivity contribution in [3.8, 4) is 0 Å². The van der Waals surface area contributed by atoms with Gasteiger partial charge in [-0.3, -0.25) is 10.1 Å². The Morgan fingerprint density at radius 1 is 1.32 bits per heavy atom. The van der Waals surface area contributed by atoms with Crippen LogP contribution in [0.5, 0.6) is 0 Å². The number of hydrogen-bond donors (Lipinski definition) is 1. The monoisotopic (exact) mass is 271 g/mol. The van der Waals surface area contributed by atoms with Gasteiger partial charge in [-0.1, -0.05) is 0 Å². The largest absolute Gasteiger partial charge is 0.383 e. The third kappa shape index (κ3) is 4.00. The summed E-state index contributed by atoms with van der Waals surface area (Å²) in [5, 5.41) is 11.1. The van der Waals surface area contributed by atoms with Gasteiger partial charge in [0.05, 0.1) is 18.1 Å². The molecule has 1 aromatic heterocycles. The molecule has 2 N–H and O–H groups in total. The Kier molecular flexibility index (Phi) is 5.90. The maximum atomic E-state index is 11.1. The lowest BCUT2D eigenvalue weighted by Gasteiger charge is -2.22. The summed E-state index contributed by atoms with van der Waals surface area (Å²) in [5.41, 5.74) is 5.24. The van der Waals surface area contributed by atoms with E-state index >= 15 is 0 Å². The van der Waals surface area contributed by atoms with Crippen molar-refractivity contribution < 1.29 is 14.4 Å². The third-order valence-corrected chi connectivity index (χ3v) is 2.44. The topological polar surface area (TPSA) is 117 Å². The predicted octanol–water partition coefficient (Wildman–Crippen LogP) is 0.0662. The fraction of sp³-hybridized carbons (Fsp3) is 0.600. The Morgan fingerprint density at radius 3 is 2.37 bits per heavy atom. The van der Waals surface area contributed by atoms with Gasteiger partial charge in [-0.2, -0.15) is 0 Å². The van der Waals surface area contributed by atoms with Crippen LogP contribution < -0.4 is 10.6 Å². The van der Waals surface area contributed by atoms with E-state index in [9.17, 15) is 10.1 Å². The van der Waals surface area contributed by atoms with Gasteiger partial charge in [-0.15, -0.1) is 0 Å². The maximum absolute atomic E-state index is 11.1. The quantitative estimate of drug-likeness (QED) is 0.521. The van der Waals surface area contributed by atoms with Crippen molar-refractivity contribution in [1.29, 1.82) is 0 Å². The Labute approximate surface area is 110 Å². The minimum atomic E-state index is -0.586. The zero-order valence-corrected chi connectivity index (χ0v) is 10.9. The molecule has 0 saturated carbocycles. The average molecular weight is 271 g/mol. The lowest BCUT2D eigenvalue weighted by atomic mass is 10.3. The predicted molar refractivity (Wildman–Crippen MR) is 69.1 cm³/mol. The first-order chi connectivity index (χ1) is 9.11. The van der Waals surface area contributed by atoms with Crippen LogP contribution in [-0.4, -0.2) is 55.4 Å². The van der Waals surface area contributed by atoms with Crippen LogP contribution in [0.3, 0.4) is 0 Å². The molecular formula is C10H17N5O4. The van der Waals surface area contributed by atoms with Crippen molar-refractivity contribution >= 4 is 17.3 Å². The van der Waals surface area contributed by atoms with Crippen molar-refractivity contribution in [1.82, 2.24) is 9.97 Å². The maximum Gasteiger partial charge on any atom is 0.353 e. The molecule has 1 rings (SSSR count). The fourth-order valence-corrected chi connectivity index (χ4v) is 1.52. The highest BCUT2D eigenvalue weighted by atomic mass is 16.6. The lowest BCUT2D eigenvalue weighted by molar-refractivity contribution is -0.383. The van der Waals surface area contributed by atoms with Crippen molar-refractivity contribution in [3.05, 3.63) is 16.4 Å². The Balaban J connectivity index is 3.06. The number of nitrogen functional groups attached to an aromatic ring is 1. The highest BCUT2D eigenvalue weighted by Crippen LogP contribution is 2.29. The van der Waals surface area contributed by atoms with Gasteiger partial charge in [0, 0.05) is 27.3 Å². The molecule has 0 atom stereocenters. The molecule has 9 heteroatoms. The molecule has 0 amide bonds. The number of rotatable bonds is 8. The van der Waals surface area contributed by atoms with Gasteiger partial charge in [0.1, 0.15) is 6.33 Å². The normalized spacial score (nSPS) is 10.4. The second-order valence-electron chi connectivity index (χ2n) is 3.66. The molecule has 0 saturated heterocycles. The first-order valence-corrected chi connectivity index (χ1v) is 5.59. The number of aromatic nitrogens is 2. The molecule has 0 aliphatic heterocycles. The van der Waals surface area contributed by atoms with Gasteiger partial charge in [-0.05, 0) is 0 Å². The highest BCUT2D eigenvalue weighted by Gasteiger charge is 2.25. The minimum absolute atomic E-state index is 0.158. The van der Waals surface area contributed by atoms with Crippen LogP contribution in [0.15, 0.2) is 6.33 Å². The highest BCUT2D eigenvalue weighted by molar-refractivity contribution is 5.68. The summed E-state index contributed by atoms with van der Waals surface area (Å²) >= 11 is 0. The number of nitrogens with zero attached hydrogens (tertiary/aromatic N) is 4. The molecule has 0 unspecified atom stereocenters. The second-order valence-corrected chi connectivity index (χ2v) is 3.66. The Hall–Kier alpha value is -2.00.